The van der Waals surface area contributed by atoms with E-state index in [1.807, 2.05) is 13.8 Å². The highest BCUT2D eigenvalue weighted by Gasteiger charge is 2.70. The second-order valence-corrected chi connectivity index (χ2v) is 16.6. The molecule has 0 aromatic carbocycles. The monoisotopic (exact) mass is 583 g/mol. The van der Waals surface area contributed by atoms with E-state index in [-0.39, 0.29) is 56.9 Å². The van der Waals surface area contributed by atoms with Crippen LogP contribution >= 0.6 is 0 Å². The molecule has 0 aliphatic heterocycles. The molecule has 0 radical (unpaired) electrons. The summed E-state index contributed by atoms with van der Waals surface area (Å²) >= 11 is 0. The number of rotatable bonds is 5. The average molecular weight is 584 g/mol. The van der Waals surface area contributed by atoms with Gasteiger partial charge in [0.05, 0.1) is 6.61 Å². The molecular weight excluding hydrogens is 526 g/mol. The van der Waals surface area contributed by atoms with Crippen LogP contribution in [0.25, 0.3) is 0 Å². The molecule has 0 aromatic heterocycles. The Morgan fingerprint density at radius 3 is 2.21 bits per heavy atom. The van der Waals surface area contributed by atoms with E-state index in [2.05, 4.69) is 54.5 Å². The highest BCUT2D eigenvalue weighted by molar-refractivity contribution is 5.95. The largest absolute Gasteiger partial charge is 0.462 e. The number of ether oxygens (including phenoxy) is 1. The first-order chi connectivity index (χ1) is 19.4. The number of allylic oxidation sites excluding steroid dienone is 2. The number of carbonyl (C=O) groups excluding carboxylic acids is 3. The second kappa shape index (κ2) is 10.2. The topological polar surface area (TPSA) is 72.9 Å². The zero-order chi connectivity index (χ0) is 31.1. The molecule has 6 heteroatoms. The number of fused-ring (bicyclic) bond motifs is 7. The molecule has 1 unspecified atom stereocenters. The predicted molar refractivity (Wildman–Crippen MR) is 164 cm³/mol. The number of hydroxylamine groups is 2. The minimum atomic E-state index is -0.502. The lowest BCUT2D eigenvalue weighted by Crippen LogP contribution is -2.66. The molecule has 0 bridgehead atoms. The fourth-order valence-electron chi connectivity index (χ4n) is 11.5. The summed E-state index contributed by atoms with van der Waals surface area (Å²) < 4.78 is 5.87. The lowest BCUT2D eigenvalue weighted by atomic mass is 9.33. The van der Waals surface area contributed by atoms with E-state index in [1.54, 1.807) is 5.06 Å². The van der Waals surface area contributed by atoms with Gasteiger partial charge in [-0.05, 0) is 111 Å². The van der Waals surface area contributed by atoms with Crippen LogP contribution in [-0.2, 0) is 24.0 Å². The van der Waals surface area contributed by atoms with Crippen LogP contribution in [0.3, 0.4) is 0 Å². The average Bonchev–Trinajstić information content (AvgIpc) is 2.90. The number of hydrogen-bond acceptors (Lipinski definition) is 5. The Bertz CT molecular complexity index is 1180. The third kappa shape index (κ3) is 4.30. The van der Waals surface area contributed by atoms with Crippen molar-refractivity contribution in [3.63, 3.8) is 0 Å². The Hall–Kier alpha value is -1.69. The van der Waals surface area contributed by atoms with Crippen LogP contribution in [0, 0.1) is 50.2 Å². The predicted octanol–water partition coefficient (Wildman–Crippen LogP) is 7.70. The van der Waals surface area contributed by atoms with E-state index in [0.717, 1.165) is 57.8 Å². The highest BCUT2D eigenvalue weighted by Crippen LogP contribution is 2.75. The van der Waals surface area contributed by atoms with Gasteiger partial charge in [0.1, 0.15) is 6.10 Å². The number of carbonyl (C=O) groups is 3. The van der Waals surface area contributed by atoms with Crippen LogP contribution in [0.5, 0.6) is 0 Å². The van der Waals surface area contributed by atoms with Crippen LogP contribution in [0.1, 0.15) is 127 Å². The van der Waals surface area contributed by atoms with E-state index in [0.29, 0.717) is 24.9 Å². The number of nitrogens with zero attached hydrogens (tertiary/aromatic N) is 1. The van der Waals surface area contributed by atoms with Crippen LogP contribution in [-0.4, -0.2) is 42.0 Å². The number of ketones is 1. The molecule has 5 aliphatic carbocycles. The molecule has 9 atom stereocenters. The van der Waals surface area contributed by atoms with Gasteiger partial charge in [0.25, 0.3) is 5.91 Å². The van der Waals surface area contributed by atoms with Gasteiger partial charge in [-0.3, -0.25) is 19.2 Å². The minimum Gasteiger partial charge on any atom is -0.462 e. The molecule has 0 aromatic rings. The summed E-state index contributed by atoms with van der Waals surface area (Å²) in [4.78, 5) is 46.2. The lowest BCUT2D eigenvalue weighted by Gasteiger charge is -2.70. The van der Waals surface area contributed by atoms with Crippen molar-refractivity contribution >= 4 is 17.7 Å². The molecule has 6 nitrogen and oxygen atoms in total. The van der Waals surface area contributed by atoms with E-state index < -0.39 is 5.41 Å². The third-order valence-corrected chi connectivity index (χ3v) is 14.1. The third-order valence-electron chi connectivity index (χ3n) is 14.1. The second-order valence-electron chi connectivity index (χ2n) is 16.6. The van der Waals surface area contributed by atoms with Gasteiger partial charge in [-0.2, -0.15) is 0 Å². The first-order valence-electron chi connectivity index (χ1n) is 16.8. The van der Waals surface area contributed by atoms with Crippen molar-refractivity contribution in [2.45, 2.75) is 133 Å². The Balaban J connectivity index is 1.54. The Morgan fingerprint density at radius 1 is 0.929 bits per heavy atom. The Morgan fingerprint density at radius 2 is 1.60 bits per heavy atom. The van der Waals surface area contributed by atoms with Gasteiger partial charge in [0.15, 0.2) is 5.78 Å². The van der Waals surface area contributed by atoms with Crippen molar-refractivity contribution in [2.24, 2.45) is 50.2 Å². The Kier molecular flexibility index (Phi) is 7.68. The van der Waals surface area contributed by atoms with Gasteiger partial charge >= 0.3 is 5.97 Å². The quantitative estimate of drug-likeness (QED) is 0.245. The maximum absolute atomic E-state index is 14.6. The summed E-state index contributed by atoms with van der Waals surface area (Å²) in [7, 11) is 0. The first kappa shape index (κ1) is 31.7. The normalized spacial score (nSPS) is 45.9. The molecule has 236 valence electrons. The van der Waals surface area contributed by atoms with E-state index in [1.165, 1.54) is 12.5 Å². The molecule has 5 rings (SSSR count). The van der Waals surface area contributed by atoms with Crippen molar-refractivity contribution in [3.8, 4) is 0 Å². The molecule has 0 N–H and O–H groups in total. The smallest absolute Gasteiger partial charge is 0.302 e. The number of esters is 1. The molecule has 1 amide bonds. The SMILES string of the molecule is CCON(CC)C(=O)[C@@]1(C)CC[C@]2(C)CC[C@]3(C)C(=CC(=O)[C@@H]4[C@@]5(C)CC[C@H](OC(C)=O)C(C)(C)C5CC[C@]43C)[C@@H]2C1. The number of hydrogen-bond donors (Lipinski definition) is 0. The standard InChI is InChI=1S/C36H57NO5/c1-11-37(41-12-2)30(40)33(7)18-17-32(6)19-20-35(9)24(25(32)22-33)21-26(39)29-34(8)15-14-28(42-23(3)38)31(4,5)27(34)13-16-36(29,35)10/h21,25,27-29H,11-20,22H2,1-10H3/t25-,27?,28-,29+,32+,33-,34-,35+,36+/m0/s1. The van der Waals surface area contributed by atoms with Crippen LogP contribution in [0.15, 0.2) is 11.6 Å². The summed E-state index contributed by atoms with van der Waals surface area (Å²) in [6.45, 7) is 22.8. The Labute approximate surface area is 254 Å². The van der Waals surface area contributed by atoms with Crippen LogP contribution in [0.4, 0.5) is 0 Å². The zero-order valence-electron chi connectivity index (χ0n) is 28.2. The fraction of sp³-hybridized carbons (Fsp3) is 0.861. The van der Waals surface area contributed by atoms with Gasteiger partial charge in [-0.15, -0.1) is 0 Å². The van der Waals surface area contributed by atoms with Crippen molar-refractivity contribution < 1.29 is 24.0 Å². The number of amides is 1. The van der Waals surface area contributed by atoms with Gasteiger partial charge in [-0.25, -0.2) is 5.06 Å². The first-order valence-corrected chi connectivity index (χ1v) is 16.8. The summed E-state index contributed by atoms with van der Waals surface area (Å²) in [5, 5.41) is 1.57. The zero-order valence-corrected chi connectivity index (χ0v) is 28.2. The molecule has 0 spiro atoms. The highest BCUT2D eigenvalue weighted by atomic mass is 16.7. The minimum absolute atomic E-state index is 0.0513. The van der Waals surface area contributed by atoms with Gasteiger partial charge in [-0.1, -0.05) is 54.0 Å². The van der Waals surface area contributed by atoms with Crippen molar-refractivity contribution in [1.82, 2.24) is 5.06 Å². The molecule has 5 aliphatic rings. The lowest BCUT2D eigenvalue weighted by molar-refractivity contribution is -0.212. The summed E-state index contributed by atoms with van der Waals surface area (Å²) in [5.41, 5.74) is 0.351. The summed E-state index contributed by atoms with van der Waals surface area (Å²) in [6.07, 6.45) is 10.6. The maximum atomic E-state index is 14.6. The van der Waals surface area contributed by atoms with E-state index in [4.69, 9.17) is 9.57 Å². The molecule has 42 heavy (non-hydrogen) atoms. The van der Waals surface area contributed by atoms with Crippen molar-refractivity contribution in [3.05, 3.63) is 11.6 Å². The van der Waals surface area contributed by atoms with E-state index in [9.17, 15) is 14.4 Å². The van der Waals surface area contributed by atoms with Gasteiger partial charge in [0, 0.05) is 30.2 Å². The molecule has 4 saturated carbocycles. The van der Waals surface area contributed by atoms with Crippen molar-refractivity contribution in [2.75, 3.05) is 13.2 Å². The summed E-state index contributed by atoms with van der Waals surface area (Å²) in [6, 6.07) is 0. The molecule has 4 fully saturated rings. The van der Waals surface area contributed by atoms with Crippen LogP contribution in [0.2, 0.25) is 0 Å². The van der Waals surface area contributed by atoms with Gasteiger partial charge < -0.3 is 4.74 Å². The van der Waals surface area contributed by atoms with Crippen LogP contribution < -0.4 is 0 Å². The van der Waals surface area contributed by atoms with Crippen molar-refractivity contribution in [1.29, 1.82) is 0 Å². The van der Waals surface area contributed by atoms with Gasteiger partial charge in [0.2, 0.25) is 0 Å². The molecule has 0 heterocycles. The molecular formula is C36H57NO5. The maximum Gasteiger partial charge on any atom is 0.302 e. The molecule has 0 saturated heterocycles. The van der Waals surface area contributed by atoms with E-state index >= 15 is 0 Å². The summed E-state index contributed by atoms with van der Waals surface area (Å²) in [5.74, 6) is 0.649. The fourth-order valence-corrected chi connectivity index (χ4v) is 11.5.